The number of nitrogens with two attached hydrogens (primary N) is 1. The van der Waals surface area contributed by atoms with E-state index in [0.29, 0.717) is 6.04 Å². The second-order valence-corrected chi connectivity index (χ2v) is 5.08. The minimum Gasteiger partial charge on any atom is -0.356 e. The van der Waals surface area contributed by atoms with E-state index in [2.05, 4.69) is 31.1 Å². The summed E-state index contributed by atoms with van der Waals surface area (Å²) in [4.78, 5) is 13.7. The van der Waals surface area contributed by atoms with Crippen LogP contribution in [0.3, 0.4) is 0 Å². The van der Waals surface area contributed by atoms with Gasteiger partial charge >= 0.3 is 0 Å². The molecular formula is C12H25N3O. The first kappa shape index (κ1) is 13.5. The van der Waals surface area contributed by atoms with Crippen molar-refractivity contribution in [3.63, 3.8) is 0 Å². The first-order chi connectivity index (χ1) is 7.52. The molecule has 0 aromatic rings. The first-order valence-electron chi connectivity index (χ1n) is 6.26. The number of rotatable bonds is 7. The van der Waals surface area contributed by atoms with Crippen molar-refractivity contribution in [2.45, 2.75) is 45.2 Å². The van der Waals surface area contributed by atoms with Gasteiger partial charge in [0.25, 0.3) is 0 Å². The summed E-state index contributed by atoms with van der Waals surface area (Å²) in [6.07, 6.45) is 3.04. The molecule has 1 fully saturated rings. The van der Waals surface area contributed by atoms with Crippen LogP contribution in [0.25, 0.3) is 0 Å². The molecule has 1 saturated carbocycles. The molecule has 0 aromatic heterocycles. The zero-order chi connectivity index (χ0) is 12.1. The Hall–Kier alpha value is -0.610. The fraction of sp³-hybridized carbons (Fsp3) is 0.917. The summed E-state index contributed by atoms with van der Waals surface area (Å²) in [6, 6.07) is 0.714. The van der Waals surface area contributed by atoms with Crippen molar-refractivity contribution in [1.29, 1.82) is 0 Å². The van der Waals surface area contributed by atoms with Crippen LogP contribution in [0.5, 0.6) is 0 Å². The van der Waals surface area contributed by atoms with E-state index >= 15 is 0 Å². The van der Waals surface area contributed by atoms with Crippen molar-refractivity contribution >= 4 is 5.91 Å². The third-order valence-electron chi connectivity index (χ3n) is 3.29. The van der Waals surface area contributed by atoms with Gasteiger partial charge in [0, 0.05) is 18.6 Å². The molecule has 4 nitrogen and oxygen atoms in total. The second-order valence-electron chi connectivity index (χ2n) is 5.08. The van der Waals surface area contributed by atoms with Crippen LogP contribution in [0.1, 0.15) is 33.1 Å². The van der Waals surface area contributed by atoms with E-state index < -0.39 is 0 Å². The summed E-state index contributed by atoms with van der Waals surface area (Å²) in [7, 11) is 2.13. The van der Waals surface area contributed by atoms with Crippen LogP contribution in [-0.4, -0.2) is 43.0 Å². The predicted molar refractivity (Wildman–Crippen MR) is 66.1 cm³/mol. The molecule has 94 valence electrons. The summed E-state index contributed by atoms with van der Waals surface area (Å²) in [5.74, 6) is 0.239. The topological polar surface area (TPSA) is 58.4 Å². The van der Waals surface area contributed by atoms with Crippen molar-refractivity contribution in [1.82, 2.24) is 10.2 Å². The van der Waals surface area contributed by atoms with Crippen molar-refractivity contribution < 1.29 is 4.79 Å². The molecule has 3 N–H and O–H groups in total. The van der Waals surface area contributed by atoms with Gasteiger partial charge in [0.15, 0.2) is 0 Å². The van der Waals surface area contributed by atoms with Gasteiger partial charge in [0.1, 0.15) is 0 Å². The molecule has 0 heterocycles. The summed E-state index contributed by atoms with van der Waals surface area (Å²) in [6.45, 7) is 6.26. The molecule has 0 aliphatic heterocycles. The fourth-order valence-electron chi connectivity index (χ4n) is 1.60. The number of hydrogen-bond acceptors (Lipinski definition) is 3. The van der Waals surface area contributed by atoms with Crippen LogP contribution in [0.2, 0.25) is 0 Å². The van der Waals surface area contributed by atoms with Crippen LogP contribution >= 0.6 is 0 Å². The van der Waals surface area contributed by atoms with Crippen molar-refractivity contribution in [3.05, 3.63) is 0 Å². The standard InChI is InChI=1S/C12H25N3O/c1-9(2)15(3)7-5-4-6-14-12(16)10-8-11(10)13/h9-11H,4-8,13H2,1-3H3,(H,14,16). The molecule has 0 aromatic carbocycles. The highest BCUT2D eigenvalue weighted by Crippen LogP contribution is 2.27. The van der Waals surface area contributed by atoms with E-state index in [1.165, 1.54) is 0 Å². The van der Waals surface area contributed by atoms with Gasteiger partial charge in [-0.3, -0.25) is 4.79 Å². The molecular weight excluding hydrogens is 202 g/mol. The highest BCUT2D eigenvalue weighted by molar-refractivity contribution is 5.82. The maximum Gasteiger partial charge on any atom is 0.224 e. The van der Waals surface area contributed by atoms with Crippen LogP contribution in [0.15, 0.2) is 0 Å². The van der Waals surface area contributed by atoms with Crippen LogP contribution in [-0.2, 0) is 4.79 Å². The largest absolute Gasteiger partial charge is 0.356 e. The fourth-order valence-corrected chi connectivity index (χ4v) is 1.60. The SMILES string of the molecule is CC(C)N(C)CCCCNC(=O)C1CC1N. The molecule has 0 radical (unpaired) electrons. The van der Waals surface area contributed by atoms with Gasteiger partial charge in [-0.2, -0.15) is 0 Å². The molecule has 1 rings (SSSR count). The van der Waals surface area contributed by atoms with E-state index in [0.717, 1.165) is 32.4 Å². The van der Waals surface area contributed by atoms with E-state index in [-0.39, 0.29) is 17.9 Å². The molecule has 0 saturated heterocycles. The highest BCUT2D eigenvalue weighted by Gasteiger charge is 2.39. The molecule has 0 spiro atoms. The minimum atomic E-state index is 0.0957. The van der Waals surface area contributed by atoms with Crippen LogP contribution in [0.4, 0.5) is 0 Å². The Labute approximate surface area is 98.6 Å². The second kappa shape index (κ2) is 6.21. The lowest BCUT2D eigenvalue weighted by atomic mass is 10.2. The normalized spacial score (nSPS) is 23.9. The maximum atomic E-state index is 11.4. The van der Waals surface area contributed by atoms with Gasteiger partial charge in [-0.25, -0.2) is 0 Å². The first-order valence-corrected chi connectivity index (χ1v) is 6.26. The Bertz CT molecular complexity index is 230. The monoisotopic (exact) mass is 227 g/mol. The molecule has 1 amide bonds. The van der Waals surface area contributed by atoms with Crippen molar-refractivity contribution in [2.75, 3.05) is 20.1 Å². The number of hydrogen-bond donors (Lipinski definition) is 2. The lowest BCUT2D eigenvalue weighted by molar-refractivity contribution is -0.122. The zero-order valence-electron chi connectivity index (χ0n) is 10.7. The maximum absolute atomic E-state index is 11.4. The van der Waals surface area contributed by atoms with E-state index in [1.54, 1.807) is 0 Å². The summed E-state index contributed by atoms with van der Waals surface area (Å²) in [5.41, 5.74) is 5.60. The summed E-state index contributed by atoms with van der Waals surface area (Å²) in [5, 5.41) is 2.94. The van der Waals surface area contributed by atoms with Gasteiger partial charge in [0.05, 0.1) is 5.92 Å². The van der Waals surface area contributed by atoms with Gasteiger partial charge in [-0.15, -0.1) is 0 Å². The quantitative estimate of drug-likeness (QED) is 0.625. The predicted octanol–water partition coefficient (Wildman–Crippen LogP) is 0.570. The molecule has 16 heavy (non-hydrogen) atoms. The summed E-state index contributed by atoms with van der Waals surface area (Å²) < 4.78 is 0. The lowest BCUT2D eigenvalue weighted by Gasteiger charge is -2.20. The number of unbranched alkanes of at least 4 members (excludes halogenated alkanes) is 1. The third-order valence-corrected chi connectivity index (χ3v) is 3.29. The Kier molecular flexibility index (Phi) is 5.22. The van der Waals surface area contributed by atoms with Gasteiger partial charge in [-0.1, -0.05) is 0 Å². The number of carbonyl (C=O) groups excluding carboxylic acids is 1. The van der Waals surface area contributed by atoms with Gasteiger partial charge in [0.2, 0.25) is 5.91 Å². The number of nitrogens with one attached hydrogen (secondary N) is 1. The summed E-state index contributed by atoms with van der Waals surface area (Å²) >= 11 is 0. The smallest absolute Gasteiger partial charge is 0.224 e. The Balaban J connectivity index is 1.94. The number of nitrogens with zero attached hydrogens (tertiary/aromatic N) is 1. The minimum absolute atomic E-state index is 0.0957. The Morgan fingerprint density at radius 1 is 1.50 bits per heavy atom. The zero-order valence-corrected chi connectivity index (χ0v) is 10.7. The Morgan fingerprint density at radius 2 is 2.12 bits per heavy atom. The van der Waals surface area contributed by atoms with Crippen molar-refractivity contribution in [3.8, 4) is 0 Å². The molecule has 2 atom stereocenters. The average Bonchev–Trinajstić information content (AvgIpc) is 2.94. The van der Waals surface area contributed by atoms with Crippen LogP contribution < -0.4 is 11.1 Å². The van der Waals surface area contributed by atoms with Gasteiger partial charge in [-0.05, 0) is 46.7 Å². The van der Waals surface area contributed by atoms with Crippen molar-refractivity contribution in [2.24, 2.45) is 11.7 Å². The third kappa shape index (κ3) is 4.49. The van der Waals surface area contributed by atoms with E-state index in [1.807, 2.05) is 0 Å². The highest BCUT2D eigenvalue weighted by atomic mass is 16.2. The molecule has 1 aliphatic rings. The average molecular weight is 227 g/mol. The number of carbonyl (C=O) groups is 1. The molecule has 2 unspecified atom stereocenters. The lowest BCUT2D eigenvalue weighted by Crippen LogP contribution is -2.30. The molecule has 1 aliphatic carbocycles. The van der Waals surface area contributed by atoms with Crippen LogP contribution in [0, 0.1) is 5.92 Å². The molecule has 0 bridgehead atoms. The molecule has 4 heteroatoms. The van der Waals surface area contributed by atoms with E-state index in [9.17, 15) is 4.79 Å². The van der Waals surface area contributed by atoms with Gasteiger partial charge < -0.3 is 16.0 Å². The number of amides is 1. The Morgan fingerprint density at radius 3 is 2.62 bits per heavy atom. The van der Waals surface area contributed by atoms with E-state index in [4.69, 9.17) is 5.73 Å².